The van der Waals surface area contributed by atoms with Gasteiger partial charge in [0.2, 0.25) is 5.91 Å². The van der Waals surface area contributed by atoms with Crippen molar-refractivity contribution in [3.05, 3.63) is 29.8 Å². The number of anilines is 1. The zero-order valence-corrected chi connectivity index (χ0v) is 9.62. The number of para-hydroxylation sites is 1. The highest BCUT2D eigenvalue weighted by Crippen LogP contribution is 2.18. The fourth-order valence-electron chi connectivity index (χ4n) is 2.03. The summed E-state index contributed by atoms with van der Waals surface area (Å²) in [4.78, 5) is 12.0. The lowest BCUT2D eigenvalue weighted by Gasteiger charge is -2.22. The molecule has 3 heteroatoms. The predicted octanol–water partition coefficient (Wildman–Crippen LogP) is 1.93. The van der Waals surface area contributed by atoms with Gasteiger partial charge in [-0.05, 0) is 44.5 Å². The van der Waals surface area contributed by atoms with Crippen molar-refractivity contribution in [2.75, 3.05) is 18.4 Å². The molecule has 0 atom stereocenters. The Balaban J connectivity index is 1.99. The molecular weight excluding hydrogens is 200 g/mol. The van der Waals surface area contributed by atoms with E-state index in [1.165, 1.54) is 0 Å². The van der Waals surface area contributed by atoms with E-state index in [2.05, 4.69) is 10.6 Å². The summed E-state index contributed by atoms with van der Waals surface area (Å²) in [6.07, 6.45) is 1.88. The Kier molecular flexibility index (Phi) is 3.57. The van der Waals surface area contributed by atoms with E-state index in [0.717, 1.165) is 37.2 Å². The summed E-state index contributed by atoms with van der Waals surface area (Å²) >= 11 is 0. The van der Waals surface area contributed by atoms with Gasteiger partial charge in [0.05, 0.1) is 0 Å². The molecular formula is C13H18N2O. The topological polar surface area (TPSA) is 41.1 Å². The Morgan fingerprint density at radius 3 is 2.69 bits per heavy atom. The van der Waals surface area contributed by atoms with Crippen LogP contribution in [-0.2, 0) is 4.79 Å². The minimum atomic E-state index is 0.163. The molecule has 1 aromatic rings. The second kappa shape index (κ2) is 5.12. The van der Waals surface area contributed by atoms with Gasteiger partial charge in [-0.15, -0.1) is 0 Å². The zero-order chi connectivity index (χ0) is 11.4. The monoisotopic (exact) mass is 218 g/mol. The van der Waals surface area contributed by atoms with Gasteiger partial charge in [-0.3, -0.25) is 4.79 Å². The van der Waals surface area contributed by atoms with Crippen LogP contribution in [0.5, 0.6) is 0 Å². The maximum absolute atomic E-state index is 12.0. The lowest BCUT2D eigenvalue weighted by molar-refractivity contribution is -0.120. The third-order valence-corrected chi connectivity index (χ3v) is 3.11. The zero-order valence-electron chi connectivity index (χ0n) is 9.62. The summed E-state index contributed by atoms with van der Waals surface area (Å²) in [5.74, 6) is 0.330. The average Bonchev–Trinajstić information content (AvgIpc) is 2.33. The molecule has 3 nitrogen and oxygen atoms in total. The largest absolute Gasteiger partial charge is 0.326 e. The maximum atomic E-state index is 12.0. The van der Waals surface area contributed by atoms with Crippen LogP contribution in [0, 0.1) is 12.8 Å². The summed E-state index contributed by atoms with van der Waals surface area (Å²) < 4.78 is 0. The molecule has 1 heterocycles. The average molecular weight is 218 g/mol. The molecule has 0 aliphatic carbocycles. The second-order valence-electron chi connectivity index (χ2n) is 4.33. The van der Waals surface area contributed by atoms with Gasteiger partial charge in [0.25, 0.3) is 0 Å². The fraction of sp³-hybridized carbons (Fsp3) is 0.462. The summed E-state index contributed by atoms with van der Waals surface area (Å²) in [5.41, 5.74) is 2.05. The molecule has 2 rings (SSSR count). The summed E-state index contributed by atoms with van der Waals surface area (Å²) in [6, 6.07) is 7.90. The number of hydrogen-bond acceptors (Lipinski definition) is 2. The van der Waals surface area contributed by atoms with Crippen LogP contribution in [0.4, 0.5) is 5.69 Å². The minimum Gasteiger partial charge on any atom is -0.326 e. The van der Waals surface area contributed by atoms with E-state index in [-0.39, 0.29) is 11.8 Å². The van der Waals surface area contributed by atoms with Gasteiger partial charge in [0.1, 0.15) is 0 Å². The molecule has 0 unspecified atom stereocenters. The minimum absolute atomic E-state index is 0.163. The Labute approximate surface area is 96.2 Å². The molecule has 2 N–H and O–H groups in total. The first kappa shape index (κ1) is 11.1. The molecule has 0 saturated carbocycles. The highest BCUT2D eigenvalue weighted by atomic mass is 16.1. The molecule has 1 amide bonds. The third kappa shape index (κ3) is 2.61. The Bertz CT molecular complexity index is 370. The SMILES string of the molecule is Cc1ccccc1NC(=O)C1CCNCC1. The van der Waals surface area contributed by atoms with E-state index in [0.29, 0.717) is 0 Å². The standard InChI is InChI=1S/C13H18N2O/c1-10-4-2-3-5-12(10)15-13(16)11-6-8-14-9-7-11/h2-5,11,14H,6-9H2,1H3,(H,15,16). The highest BCUT2D eigenvalue weighted by molar-refractivity contribution is 5.93. The van der Waals surface area contributed by atoms with E-state index in [1.807, 2.05) is 31.2 Å². The van der Waals surface area contributed by atoms with Gasteiger partial charge in [-0.2, -0.15) is 0 Å². The van der Waals surface area contributed by atoms with Crippen LogP contribution in [-0.4, -0.2) is 19.0 Å². The van der Waals surface area contributed by atoms with Crippen molar-refractivity contribution >= 4 is 11.6 Å². The van der Waals surface area contributed by atoms with E-state index in [4.69, 9.17) is 0 Å². The Morgan fingerprint density at radius 1 is 1.31 bits per heavy atom. The molecule has 0 aromatic heterocycles. The van der Waals surface area contributed by atoms with E-state index in [9.17, 15) is 4.79 Å². The number of carbonyl (C=O) groups is 1. The Hall–Kier alpha value is -1.35. The van der Waals surface area contributed by atoms with Gasteiger partial charge < -0.3 is 10.6 Å². The maximum Gasteiger partial charge on any atom is 0.227 e. The van der Waals surface area contributed by atoms with Crippen LogP contribution < -0.4 is 10.6 Å². The van der Waals surface area contributed by atoms with Gasteiger partial charge in [-0.1, -0.05) is 18.2 Å². The predicted molar refractivity (Wildman–Crippen MR) is 65.4 cm³/mol. The highest BCUT2D eigenvalue weighted by Gasteiger charge is 2.20. The van der Waals surface area contributed by atoms with Crippen molar-refractivity contribution in [3.63, 3.8) is 0 Å². The van der Waals surface area contributed by atoms with Crippen LogP contribution in [0.1, 0.15) is 18.4 Å². The molecule has 1 aliphatic rings. The number of amides is 1. The van der Waals surface area contributed by atoms with Gasteiger partial charge in [0, 0.05) is 11.6 Å². The van der Waals surface area contributed by atoms with Crippen LogP contribution in [0.15, 0.2) is 24.3 Å². The van der Waals surface area contributed by atoms with Crippen molar-refractivity contribution in [1.82, 2.24) is 5.32 Å². The fourth-order valence-corrected chi connectivity index (χ4v) is 2.03. The number of rotatable bonds is 2. The first-order valence-electron chi connectivity index (χ1n) is 5.84. The molecule has 0 spiro atoms. The summed E-state index contributed by atoms with van der Waals surface area (Å²) in [5, 5.41) is 6.28. The number of hydrogen-bond donors (Lipinski definition) is 2. The van der Waals surface area contributed by atoms with Crippen molar-refractivity contribution in [2.45, 2.75) is 19.8 Å². The number of nitrogens with one attached hydrogen (secondary N) is 2. The number of piperidine rings is 1. The van der Waals surface area contributed by atoms with Crippen LogP contribution in [0.3, 0.4) is 0 Å². The first-order chi connectivity index (χ1) is 7.77. The van der Waals surface area contributed by atoms with E-state index in [1.54, 1.807) is 0 Å². The summed E-state index contributed by atoms with van der Waals surface area (Å²) in [6.45, 7) is 3.91. The van der Waals surface area contributed by atoms with Gasteiger partial charge in [0.15, 0.2) is 0 Å². The normalized spacial score (nSPS) is 17.1. The van der Waals surface area contributed by atoms with Crippen LogP contribution in [0.2, 0.25) is 0 Å². The summed E-state index contributed by atoms with van der Waals surface area (Å²) in [7, 11) is 0. The van der Waals surface area contributed by atoms with Gasteiger partial charge in [-0.25, -0.2) is 0 Å². The quantitative estimate of drug-likeness (QED) is 0.796. The molecule has 1 aromatic carbocycles. The smallest absolute Gasteiger partial charge is 0.227 e. The van der Waals surface area contributed by atoms with E-state index >= 15 is 0 Å². The van der Waals surface area contributed by atoms with Crippen molar-refractivity contribution in [2.24, 2.45) is 5.92 Å². The van der Waals surface area contributed by atoms with Crippen molar-refractivity contribution in [3.8, 4) is 0 Å². The van der Waals surface area contributed by atoms with Gasteiger partial charge >= 0.3 is 0 Å². The molecule has 0 bridgehead atoms. The molecule has 1 saturated heterocycles. The Morgan fingerprint density at radius 2 is 2.00 bits per heavy atom. The van der Waals surface area contributed by atoms with Crippen molar-refractivity contribution < 1.29 is 4.79 Å². The van der Waals surface area contributed by atoms with Crippen LogP contribution in [0.25, 0.3) is 0 Å². The van der Waals surface area contributed by atoms with Crippen LogP contribution >= 0.6 is 0 Å². The molecule has 1 fully saturated rings. The molecule has 16 heavy (non-hydrogen) atoms. The molecule has 0 radical (unpaired) electrons. The molecule has 1 aliphatic heterocycles. The number of carbonyl (C=O) groups excluding carboxylic acids is 1. The molecule has 86 valence electrons. The number of aryl methyl sites for hydroxylation is 1. The lowest BCUT2D eigenvalue weighted by atomic mass is 9.97. The van der Waals surface area contributed by atoms with E-state index < -0.39 is 0 Å². The third-order valence-electron chi connectivity index (χ3n) is 3.11. The first-order valence-corrected chi connectivity index (χ1v) is 5.84. The van der Waals surface area contributed by atoms with Crippen molar-refractivity contribution in [1.29, 1.82) is 0 Å². The second-order valence-corrected chi connectivity index (χ2v) is 4.33. The lowest BCUT2D eigenvalue weighted by Crippen LogP contribution is -2.34. The number of benzene rings is 1.